The molecule has 0 spiro atoms. The van der Waals surface area contributed by atoms with Crippen LogP contribution in [0, 0.1) is 24.5 Å². The third-order valence-corrected chi connectivity index (χ3v) is 6.15. The Morgan fingerprint density at radius 3 is 2.58 bits per heavy atom. The van der Waals surface area contributed by atoms with Gasteiger partial charge in [0.25, 0.3) is 0 Å². The van der Waals surface area contributed by atoms with Crippen molar-refractivity contribution in [2.45, 2.75) is 25.7 Å². The second kappa shape index (κ2) is 8.67. The molecule has 2 amide bonds. The molecule has 0 atom stereocenters. The Hall–Kier alpha value is -2.93. The molecule has 1 saturated carbocycles. The number of hydrogen-bond donors (Lipinski definition) is 3. The summed E-state index contributed by atoms with van der Waals surface area (Å²) in [6.07, 6.45) is 1.77. The fourth-order valence-corrected chi connectivity index (χ4v) is 4.61. The van der Waals surface area contributed by atoms with Crippen LogP contribution in [-0.4, -0.2) is 47.8 Å². The van der Waals surface area contributed by atoms with Gasteiger partial charge in [0.2, 0.25) is 0 Å². The Morgan fingerprint density at radius 2 is 1.90 bits per heavy atom. The minimum atomic E-state index is -0.296. The Kier molecular flexibility index (Phi) is 5.96. The lowest BCUT2D eigenvalue weighted by Crippen LogP contribution is -2.43. The number of rotatable bonds is 6. The molecule has 3 N–H and O–H groups in total. The van der Waals surface area contributed by atoms with Gasteiger partial charge in [-0.1, -0.05) is 0 Å². The molecule has 2 aromatic carbocycles. The van der Waals surface area contributed by atoms with Crippen LogP contribution in [0.1, 0.15) is 29.9 Å². The summed E-state index contributed by atoms with van der Waals surface area (Å²) in [5.41, 5.74) is 4.57. The molecule has 0 radical (unpaired) electrons. The molecule has 3 aromatic rings. The second-order valence-corrected chi connectivity index (χ2v) is 8.44. The molecule has 4 rings (SSSR count). The van der Waals surface area contributed by atoms with Crippen LogP contribution in [0.4, 0.5) is 13.6 Å². The normalized spacial score (nSPS) is 18.1. The summed E-state index contributed by atoms with van der Waals surface area (Å²) in [4.78, 5) is 17.1. The number of aromatic nitrogens is 1. The highest BCUT2D eigenvalue weighted by atomic mass is 19.1. The van der Waals surface area contributed by atoms with E-state index in [1.54, 1.807) is 30.1 Å². The predicted octanol–water partition coefficient (Wildman–Crippen LogP) is 4.55. The average Bonchev–Trinajstić information content (AvgIpc) is 3.08. The number of carbonyl (C=O) groups excluding carboxylic acids is 1. The number of fused-ring (bicyclic) bond motifs is 1. The maximum absolute atomic E-state index is 14.2. The Morgan fingerprint density at radius 1 is 1.19 bits per heavy atom. The van der Waals surface area contributed by atoms with Crippen molar-refractivity contribution >= 4 is 16.9 Å². The topological polar surface area (TPSA) is 68.4 Å². The summed E-state index contributed by atoms with van der Waals surface area (Å²) >= 11 is 0. The summed E-state index contributed by atoms with van der Waals surface area (Å²) in [5.74, 6) is 0.00591. The van der Waals surface area contributed by atoms with E-state index in [1.165, 1.54) is 18.2 Å². The van der Waals surface area contributed by atoms with Crippen molar-refractivity contribution in [2.24, 2.45) is 5.92 Å². The number of aliphatic hydroxyl groups is 1. The minimum absolute atomic E-state index is 0.0895. The number of aliphatic hydroxyl groups excluding tert-OH is 1. The summed E-state index contributed by atoms with van der Waals surface area (Å²) in [5, 5.41) is 12.4. The summed E-state index contributed by atoms with van der Waals surface area (Å²) < 4.78 is 27.7. The maximum Gasteiger partial charge on any atom is 0.317 e. The highest BCUT2D eigenvalue weighted by Crippen LogP contribution is 2.48. The average molecular weight is 427 g/mol. The fraction of sp³-hybridized carbons (Fsp3) is 0.375. The van der Waals surface area contributed by atoms with Crippen LogP contribution in [0.5, 0.6) is 0 Å². The van der Waals surface area contributed by atoms with Gasteiger partial charge in [-0.3, -0.25) is 0 Å². The lowest BCUT2D eigenvalue weighted by molar-refractivity contribution is 0.169. The van der Waals surface area contributed by atoms with Crippen molar-refractivity contribution in [1.29, 1.82) is 0 Å². The van der Waals surface area contributed by atoms with Gasteiger partial charge in [0.1, 0.15) is 11.6 Å². The van der Waals surface area contributed by atoms with Crippen LogP contribution in [-0.2, 0) is 0 Å². The molecule has 0 saturated heterocycles. The molecular formula is C24H27F2N3O2. The zero-order chi connectivity index (χ0) is 22.1. The molecule has 1 aliphatic carbocycles. The number of amides is 2. The molecule has 0 unspecified atom stereocenters. The first-order valence-electron chi connectivity index (χ1n) is 10.5. The molecule has 1 heterocycles. The first-order valence-corrected chi connectivity index (χ1v) is 10.5. The number of halogens is 2. The Bertz CT molecular complexity index is 1090. The number of aromatic amines is 1. The Labute approximate surface area is 180 Å². The molecule has 31 heavy (non-hydrogen) atoms. The van der Waals surface area contributed by atoms with Crippen molar-refractivity contribution < 1.29 is 18.7 Å². The molecule has 5 nitrogen and oxygen atoms in total. The van der Waals surface area contributed by atoms with Crippen LogP contribution in [0.2, 0.25) is 0 Å². The molecule has 7 heteroatoms. The first kappa shape index (κ1) is 21.3. The number of H-pyrrole nitrogens is 1. The van der Waals surface area contributed by atoms with E-state index in [9.17, 15) is 13.6 Å². The quantitative estimate of drug-likeness (QED) is 0.540. The summed E-state index contributed by atoms with van der Waals surface area (Å²) in [6, 6.07) is 9.23. The third kappa shape index (κ3) is 4.28. The van der Waals surface area contributed by atoms with Gasteiger partial charge < -0.3 is 20.3 Å². The predicted molar refractivity (Wildman–Crippen MR) is 117 cm³/mol. The third-order valence-electron chi connectivity index (χ3n) is 6.15. The van der Waals surface area contributed by atoms with Gasteiger partial charge >= 0.3 is 6.03 Å². The second-order valence-electron chi connectivity index (χ2n) is 8.44. The van der Waals surface area contributed by atoms with Crippen LogP contribution in [0.3, 0.4) is 0 Å². The summed E-state index contributed by atoms with van der Waals surface area (Å²) in [6.45, 7) is 2.64. The zero-order valence-corrected chi connectivity index (χ0v) is 17.7. The summed E-state index contributed by atoms with van der Waals surface area (Å²) in [7, 11) is 1.74. The van der Waals surface area contributed by atoms with Crippen LogP contribution in [0.25, 0.3) is 22.2 Å². The van der Waals surface area contributed by atoms with Crippen molar-refractivity contribution in [3.8, 4) is 11.3 Å². The smallest absolute Gasteiger partial charge is 0.317 e. The lowest BCUT2D eigenvalue weighted by Gasteiger charge is -2.38. The molecular weight excluding hydrogens is 400 g/mol. The first-order chi connectivity index (χ1) is 14.9. The maximum atomic E-state index is 14.2. The van der Waals surface area contributed by atoms with Gasteiger partial charge in [-0.2, -0.15) is 0 Å². The van der Waals surface area contributed by atoms with Crippen molar-refractivity contribution in [2.75, 3.05) is 26.7 Å². The van der Waals surface area contributed by atoms with Gasteiger partial charge in [0.15, 0.2) is 0 Å². The fourth-order valence-electron chi connectivity index (χ4n) is 4.61. The van der Waals surface area contributed by atoms with E-state index < -0.39 is 0 Å². The molecule has 164 valence electrons. The van der Waals surface area contributed by atoms with E-state index in [1.807, 2.05) is 6.92 Å². The minimum Gasteiger partial charge on any atom is -0.395 e. The number of aryl methyl sites for hydroxylation is 1. The van der Waals surface area contributed by atoms with Crippen LogP contribution >= 0.6 is 0 Å². The van der Waals surface area contributed by atoms with E-state index in [4.69, 9.17) is 5.11 Å². The van der Waals surface area contributed by atoms with Gasteiger partial charge in [-0.15, -0.1) is 0 Å². The van der Waals surface area contributed by atoms with Crippen molar-refractivity contribution in [3.05, 3.63) is 59.2 Å². The number of carbonyl (C=O) groups is 1. The molecule has 1 aliphatic rings. The molecule has 0 bridgehead atoms. The van der Waals surface area contributed by atoms with Gasteiger partial charge in [-0.05, 0) is 84.7 Å². The molecule has 1 fully saturated rings. The monoisotopic (exact) mass is 427 g/mol. The highest BCUT2D eigenvalue weighted by Gasteiger charge is 2.35. The van der Waals surface area contributed by atoms with Crippen LogP contribution in [0.15, 0.2) is 36.4 Å². The van der Waals surface area contributed by atoms with Gasteiger partial charge in [-0.25, -0.2) is 13.6 Å². The van der Waals surface area contributed by atoms with Gasteiger partial charge in [0, 0.05) is 36.7 Å². The van der Waals surface area contributed by atoms with E-state index in [0.29, 0.717) is 12.5 Å². The number of nitrogens with one attached hydrogen (secondary N) is 2. The number of nitrogens with zero attached hydrogens (tertiary/aromatic N) is 1. The van der Waals surface area contributed by atoms with E-state index in [-0.39, 0.29) is 36.7 Å². The molecule has 0 aliphatic heterocycles. The number of hydrogen-bond acceptors (Lipinski definition) is 2. The van der Waals surface area contributed by atoms with Crippen molar-refractivity contribution in [1.82, 2.24) is 15.2 Å². The number of benzene rings is 2. The Balaban J connectivity index is 1.59. The zero-order valence-electron chi connectivity index (χ0n) is 17.7. The van der Waals surface area contributed by atoms with E-state index in [2.05, 4.69) is 10.3 Å². The van der Waals surface area contributed by atoms with E-state index in [0.717, 1.165) is 46.1 Å². The largest absolute Gasteiger partial charge is 0.395 e. The SMILES string of the molecule is Cc1cc(F)cc2c(C3CC(CN(C)C(=O)NCCO)C3)c(-c3ccc(F)cc3)[nH]c12. The van der Waals surface area contributed by atoms with Gasteiger partial charge in [0.05, 0.1) is 6.61 Å². The van der Waals surface area contributed by atoms with Crippen molar-refractivity contribution in [3.63, 3.8) is 0 Å². The highest BCUT2D eigenvalue weighted by molar-refractivity contribution is 5.93. The van der Waals surface area contributed by atoms with E-state index >= 15 is 0 Å². The standard InChI is InChI=1S/C24H27F2N3O2/c1-14-9-19(26)12-20-21(23(28-22(14)20)16-3-5-18(25)6-4-16)17-10-15(11-17)13-29(2)24(31)27-7-8-30/h3-6,9,12,15,17,28,30H,7-8,10-11,13H2,1-2H3,(H,27,31). The lowest BCUT2D eigenvalue weighted by atomic mass is 9.70. The van der Waals surface area contributed by atoms with Crippen LogP contribution < -0.4 is 5.32 Å². The number of urea groups is 1. The molecule has 1 aromatic heterocycles.